The van der Waals surface area contributed by atoms with Gasteiger partial charge in [0, 0.05) is 14.1 Å². The molecule has 2 aromatic rings. The number of aryl methyl sites for hydroxylation is 1. The minimum absolute atomic E-state index is 0.0387. The quantitative estimate of drug-likeness (QED) is 0.470. The predicted molar refractivity (Wildman–Crippen MR) is 105 cm³/mol. The van der Waals surface area contributed by atoms with Crippen LogP contribution in [-0.4, -0.2) is 53.1 Å². The van der Waals surface area contributed by atoms with Gasteiger partial charge >= 0.3 is 5.97 Å². The number of carbonyl (C=O) groups is 1. The molecule has 0 fully saturated rings. The summed E-state index contributed by atoms with van der Waals surface area (Å²) in [5.74, 6) is 0.229. The fourth-order valence-corrected chi connectivity index (χ4v) is 3.51. The lowest BCUT2D eigenvalue weighted by Crippen LogP contribution is -2.23. The highest BCUT2D eigenvalue weighted by molar-refractivity contribution is 7.89. The smallest absolute Gasteiger partial charge is 0.338 e. The molecule has 0 aliphatic carbocycles. The summed E-state index contributed by atoms with van der Waals surface area (Å²) in [6.07, 6.45) is 0.905. The van der Waals surface area contributed by atoms with Crippen LogP contribution >= 0.6 is 0 Å². The highest BCUT2D eigenvalue weighted by Crippen LogP contribution is 2.27. The molecule has 152 valence electrons. The molecular weight excluding hydrogens is 382 g/mol. The van der Waals surface area contributed by atoms with Gasteiger partial charge in [0.15, 0.2) is 0 Å². The lowest BCUT2D eigenvalue weighted by molar-refractivity contribution is 0.0450. The Balaban J connectivity index is 2.02. The van der Waals surface area contributed by atoms with E-state index in [2.05, 4.69) is 6.92 Å². The molecule has 0 radical (unpaired) electrons. The summed E-state index contributed by atoms with van der Waals surface area (Å²) in [6.45, 7) is 2.29. The molecule has 28 heavy (non-hydrogen) atoms. The zero-order chi connectivity index (χ0) is 20.7. The lowest BCUT2D eigenvalue weighted by Gasteiger charge is -2.15. The van der Waals surface area contributed by atoms with E-state index in [-0.39, 0.29) is 29.4 Å². The maximum atomic E-state index is 12.4. The summed E-state index contributed by atoms with van der Waals surface area (Å²) >= 11 is 0. The van der Waals surface area contributed by atoms with Gasteiger partial charge in [0.1, 0.15) is 29.6 Å². The molecule has 0 heterocycles. The van der Waals surface area contributed by atoms with Crippen molar-refractivity contribution in [2.45, 2.75) is 18.2 Å². The van der Waals surface area contributed by atoms with Gasteiger partial charge in [-0.3, -0.25) is 0 Å². The first-order valence-electron chi connectivity index (χ1n) is 8.79. The van der Waals surface area contributed by atoms with Crippen molar-refractivity contribution in [3.8, 4) is 11.5 Å². The van der Waals surface area contributed by atoms with Gasteiger partial charge in [0.05, 0.1) is 12.7 Å². The second kappa shape index (κ2) is 9.57. The molecule has 0 atom stereocenters. The molecule has 0 aliphatic rings. The molecule has 0 saturated carbocycles. The molecule has 0 unspecified atom stereocenters. The van der Waals surface area contributed by atoms with Gasteiger partial charge in [0.2, 0.25) is 10.0 Å². The Morgan fingerprint density at radius 2 is 1.82 bits per heavy atom. The third-order valence-electron chi connectivity index (χ3n) is 4.05. The topological polar surface area (TPSA) is 82.1 Å². The summed E-state index contributed by atoms with van der Waals surface area (Å²) in [5.41, 5.74) is 1.27. The fraction of sp³-hybridized carbons (Fsp3) is 0.350. The first-order valence-corrected chi connectivity index (χ1v) is 10.2. The van der Waals surface area contributed by atoms with E-state index >= 15 is 0 Å². The van der Waals surface area contributed by atoms with E-state index in [1.54, 1.807) is 0 Å². The van der Waals surface area contributed by atoms with Crippen molar-refractivity contribution >= 4 is 16.0 Å². The number of esters is 1. The van der Waals surface area contributed by atoms with Crippen molar-refractivity contribution in [2.75, 3.05) is 34.4 Å². The molecule has 2 aromatic carbocycles. The molecule has 0 saturated heterocycles. The largest absolute Gasteiger partial charge is 0.495 e. The number of rotatable bonds is 9. The average Bonchev–Trinajstić information content (AvgIpc) is 2.70. The second-order valence-corrected chi connectivity index (χ2v) is 8.26. The number of hydrogen-bond donors (Lipinski definition) is 0. The maximum Gasteiger partial charge on any atom is 0.338 e. The van der Waals surface area contributed by atoms with Crippen molar-refractivity contribution in [1.29, 1.82) is 0 Å². The molecule has 8 heteroatoms. The zero-order valence-corrected chi connectivity index (χ0v) is 17.3. The third kappa shape index (κ3) is 5.24. The summed E-state index contributed by atoms with van der Waals surface area (Å²) in [4.78, 5) is 12.2. The minimum atomic E-state index is -3.77. The highest BCUT2D eigenvalue weighted by Gasteiger charge is 2.24. The Bertz CT molecular complexity index is 924. The van der Waals surface area contributed by atoms with E-state index < -0.39 is 16.0 Å². The van der Waals surface area contributed by atoms with Gasteiger partial charge in [-0.15, -0.1) is 0 Å². The molecule has 0 aromatic heterocycles. The van der Waals surface area contributed by atoms with Crippen LogP contribution in [0.2, 0.25) is 0 Å². The fourth-order valence-electron chi connectivity index (χ4n) is 2.43. The number of benzene rings is 2. The van der Waals surface area contributed by atoms with Gasteiger partial charge in [-0.25, -0.2) is 17.5 Å². The Hall–Kier alpha value is -2.58. The van der Waals surface area contributed by atoms with Crippen molar-refractivity contribution in [2.24, 2.45) is 0 Å². The van der Waals surface area contributed by atoms with Crippen LogP contribution in [0.15, 0.2) is 47.4 Å². The van der Waals surface area contributed by atoms with E-state index in [9.17, 15) is 13.2 Å². The number of methoxy groups -OCH3 is 1. The molecule has 2 rings (SSSR count). The monoisotopic (exact) mass is 407 g/mol. The number of sulfonamides is 1. The molecular formula is C20H25NO6S. The molecule has 0 N–H and O–H groups in total. The number of nitrogens with zero attached hydrogens (tertiary/aromatic N) is 1. The average molecular weight is 407 g/mol. The van der Waals surface area contributed by atoms with Crippen LogP contribution in [0.3, 0.4) is 0 Å². The van der Waals surface area contributed by atoms with Gasteiger partial charge in [-0.1, -0.05) is 19.1 Å². The van der Waals surface area contributed by atoms with Crippen molar-refractivity contribution in [3.05, 3.63) is 53.6 Å². The van der Waals surface area contributed by atoms with E-state index in [0.29, 0.717) is 5.75 Å². The van der Waals surface area contributed by atoms with Crippen LogP contribution in [0, 0.1) is 0 Å². The Morgan fingerprint density at radius 3 is 2.46 bits per heavy atom. The SMILES string of the molecule is CCc1cccc(OCCOC(=O)c2ccc(OC)c(S(=O)(=O)N(C)C)c2)c1. The van der Waals surface area contributed by atoms with Crippen LogP contribution < -0.4 is 9.47 Å². The normalized spacial score (nSPS) is 11.3. The zero-order valence-electron chi connectivity index (χ0n) is 16.5. The van der Waals surface area contributed by atoms with Gasteiger partial charge in [-0.2, -0.15) is 0 Å². The summed E-state index contributed by atoms with van der Waals surface area (Å²) < 4.78 is 41.8. The predicted octanol–water partition coefficient (Wildman–Crippen LogP) is 2.74. The number of hydrogen-bond acceptors (Lipinski definition) is 6. The van der Waals surface area contributed by atoms with Crippen LogP contribution in [0.5, 0.6) is 11.5 Å². The van der Waals surface area contributed by atoms with E-state index in [4.69, 9.17) is 14.2 Å². The van der Waals surface area contributed by atoms with Gasteiger partial charge < -0.3 is 14.2 Å². The first kappa shape index (κ1) is 21.7. The van der Waals surface area contributed by atoms with Crippen LogP contribution in [-0.2, 0) is 21.2 Å². The van der Waals surface area contributed by atoms with Crippen molar-refractivity contribution in [3.63, 3.8) is 0 Å². The Kier molecular flexibility index (Phi) is 7.42. The molecule has 0 amide bonds. The Morgan fingerprint density at radius 1 is 1.07 bits per heavy atom. The van der Waals surface area contributed by atoms with Crippen molar-refractivity contribution < 1.29 is 27.4 Å². The lowest BCUT2D eigenvalue weighted by atomic mass is 10.2. The maximum absolute atomic E-state index is 12.4. The van der Waals surface area contributed by atoms with Gasteiger partial charge in [0.25, 0.3) is 0 Å². The molecule has 7 nitrogen and oxygen atoms in total. The van der Waals surface area contributed by atoms with E-state index in [0.717, 1.165) is 16.3 Å². The summed E-state index contributed by atoms with van der Waals surface area (Å²) in [7, 11) is 0.415. The molecule has 0 aliphatic heterocycles. The molecule has 0 bridgehead atoms. The van der Waals surface area contributed by atoms with E-state index in [1.165, 1.54) is 39.4 Å². The second-order valence-electron chi connectivity index (χ2n) is 6.14. The van der Waals surface area contributed by atoms with Crippen LogP contribution in [0.4, 0.5) is 0 Å². The minimum Gasteiger partial charge on any atom is -0.495 e. The molecule has 0 spiro atoms. The Labute approximate surface area is 165 Å². The first-order chi connectivity index (χ1) is 13.3. The summed E-state index contributed by atoms with van der Waals surface area (Å²) in [6, 6.07) is 11.8. The number of ether oxygens (including phenoxy) is 3. The third-order valence-corrected chi connectivity index (χ3v) is 5.89. The van der Waals surface area contributed by atoms with Crippen LogP contribution in [0.25, 0.3) is 0 Å². The standard InChI is InChI=1S/C20H25NO6S/c1-5-15-7-6-8-17(13-15)26-11-12-27-20(22)16-9-10-18(25-4)19(14-16)28(23,24)21(2)3/h6-10,13-14H,5,11-12H2,1-4H3. The van der Waals surface area contributed by atoms with Crippen LogP contribution in [0.1, 0.15) is 22.8 Å². The summed E-state index contributed by atoms with van der Waals surface area (Å²) in [5, 5.41) is 0. The number of carbonyl (C=O) groups excluding carboxylic acids is 1. The van der Waals surface area contributed by atoms with Crippen molar-refractivity contribution in [1.82, 2.24) is 4.31 Å². The van der Waals surface area contributed by atoms with Gasteiger partial charge in [-0.05, 0) is 42.3 Å². The van der Waals surface area contributed by atoms with E-state index in [1.807, 2.05) is 24.3 Å². The highest BCUT2D eigenvalue weighted by atomic mass is 32.2.